The Morgan fingerprint density at radius 2 is 1.60 bits per heavy atom. The number of hydrogen-bond donors (Lipinski definition) is 2. The lowest BCUT2D eigenvalue weighted by Gasteiger charge is -2.19. The molecule has 3 N–H and O–H groups in total. The molecule has 2 aromatic rings. The van der Waals surface area contributed by atoms with Crippen LogP contribution in [0, 0.1) is 5.92 Å². The summed E-state index contributed by atoms with van der Waals surface area (Å²) in [4.78, 5) is 12.5. The van der Waals surface area contributed by atoms with Crippen molar-refractivity contribution >= 4 is 15.7 Å². The number of nitrogens with two attached hydrogens (primary N) is 1. The van der Waals surface area contributed by atoms with Gasteiger partial charge in [-0.3, -0.25) is 4.79 Å². The second kappa shape index (κ2) is 8.78. The summed E-state index contributed by atoms with van der Waals surface area (Å²) in [7, 11) is -3.31. The predicted molar refractivity (Wildman–Crippen MR) is 98.7 cm³/mol. The minimum atomic E-state index is -3.31. The van der Waals surface area contributed by atoms with Crippen LogP contribution < -0.4 is 11.1 Å². The Kier molecular flexibility index (Phi) is 6.73. The fraction of sp³-hybridized carbons (Fsp3) is 0.316. The number of sulfone groups is 1. The van der Waals surface area contributed by atoms with E-state index < -0.39 is 21.8 Å². The zero-order chi connectivity index (χ0) is 18.3. The van der Waals surface area contributed by atoms with Crippen LogP contribution in [-0.2, 0) is 14.6 Å². The smallest absolute Gasteiger partial charge is 0.224 e. The van der Waals surface area contributed by atoms with Crippen molar-refractivity contribution in [3.05, 3.63) is 66.2 Å². The normalized spacial score (nSPS) is 13.8. The van der Waals surface area contributed by atoms with Crippen molar-refractivity contribution in [2.45, 2.75) is 24.3 Å². The molecule has 0 saturated carbocycles. The van der Waals surface area contributed by atoms with Crippen molar-refractivity contribution in [1.82, 2.24) is 5.32 Å². The fourth-order valence-corrected chi connectivity index (χ4v) is 3.84. The number of rotatable bonds is 8. The molecule has 134 valence electrons. The summed E-state index contributed by atoms with van der Waals surface area (Å²) in [6.45, 7) is 2.07. The summed E-state index contributed by atoms with van der Waals surface area (Å²) in [5.74, 6) is -0.572. The number of amides is 1. The molecule has 0 aromatic heterocycles. The summed E-state index contributed by atoms with van der Waals surface area (Å²) in [6.07, 6.45) is 0.357. The highest BCUT2D eigenvalue weighted by Gasteiger charge is 2.22. The quantitative estimate of drug-likeness (QED) is 0.707. The molecular formula is C19H24N2O3S. The maximum absolute atomic E-state index is 12.2. The van der Waals surface area contributed by atoms with Crippen molar-refractivity contribution < 1.29 is 13.2 Å². The van der Waals surface area contributed by atoms with E-state index in [2.05, 4.69) is 5.32 Å². The first-order valence-corrected chi connectivity index (χ1v) is 9.93. The lowest BCUT2D eigenvalue weighted by molar-refractivity contribution is -0.125. The van der Waals surface area contributed by atoms with Gasteiger partial charge in [0.05, 0.1) is 16.6 Å². The van der Waals surface area contributed by atoms with Gasteiger partial charge in [-0.05, 0) is 24.1 Å². The molecule has 5 nitrogen and oxygen atoms in total. The van der Waals surface area contributed by atoms with E-state index in [4.69, 9.17) is 5.73 Å². The van der Waals surface area contributed by atoms with Crippen LogP contribution in [0.5, 0.6) is 0 Å². The molecule has 0 aliphatic rings. The Hall–Kier alpha value is -2.18. The summed E-state index contributed by atoms with van der Waals surface area (Å²) in [6, 6.07) is 17.4. The zero-order valence-corrected chi connectivity index (χ0v) is 15.1. The minimum Gasteiger partial charge on any atom is -0.356 e. The first-order valence-electron chi connectivity index (χ1n) is 8.28. The third kappa shape index (κ3) is 5.41. The number of hydrogen-bond acceptors (Lipinski definition) is 4. The van der Waals surface area contributed by atoms with Gasteiger partial charge in [-0.1, -0.05) is 55.5 Å². The molecule has 0 bridgehead atoms. The molecule has 0 aliphatic carbocycles. The van der Waals surface area contributed by atoms with Gasteiger partial charge in [-0.15, -0.1) is 0 Å². The van der Waals surface area contributed by atoms with E-state index in [9.17, 15) is 13.2 Å². The summed E-state index contributed by atoms with van der Waals surface area (Å²) in [5, 5.41) is 2.77. The molecule has 2 rings (SSSR count). The van der Waals surface area contributed by atoms with Crippen LogP contribution >= 0.6 is 0 Å². The molecular weight excluding hydrogens is 336 g/mol. The molecule has 0 saturated heterocycles. The van der Waals surface area contributed by atoms with Crippen molar-refractivity contribution in [1.29, 1.82) is 0 Å². The third-order valence-corrected chi connectivity index (χ3v) is 5.94. The average Bonchev–Trinajstić information content (AvgIpc) is 2.65. The lowest BCUT2D eigenvalue weighted by Crippen LogP contribution is -2.36. The topological polar surface area (TPSA) is 89.3 Å². The van der Waals surface area contributed by atoms with Gasteiger partial charge in [0, 0.05) is 12.6 Å². The molecule has 0 spiro atoms. The predicted octanol–water partition coefficient (Wildman–Crippen LogP) is 2.30. The van der Waals surface area contributed by atoms with Crippen LogP contribution in [0.25, 0.3) is 0 Å². The van der Waals surface area contributed by atoms with E-state index in [1.54, 1.807) is 37.3 Å². The lowest BCUT2D eigenvalue weighted by atomic mass is 9.95. The van der Waals surface area contributed by atoms with Crippen LogP contribution in [0.3, 0.4) is 0 Å². The Bertz CT molecular complexity index is 777. The SMILES string of the molecule is CC(C(=O)NCCCS(=O)(=O)c1ccccc1)C(N)c1ccccc1. The number of nitrogens with one attached hydrogen (secondary N) is 1. The van der Waals surface area contributed by atoms with Crippen molar-refractivity contribution in [3.8, 4) is 0 Å². The van der Waals surface area contributed by atoms with Crippen LogP contribution in [-0.4, -0.2) is 26.6 Å². The molecule has 1 amide bonds. The summed E-state index contributed by atoms with van der Waals surface area (Å²) >= 11 is 0. The highest BCUT2D eigenvalue weighted by Crippen LogP contribution is 2.19. The second-order valence-corrected chi connectivity index (χ2v) is 8.11. The van der Waals surface area contributed by atoms with Crippen LogP contribution in [0.15, 0.2) is 65.6 Å². The second-order valence-electron chi connectivity index (χ2n) is 6.00. The first-order chi connectivity index (χ1) is 11.9. The largest absolute Gasteiger partial charge is 0.356 e. The van der Waals surface area contributed by atoms with Gasteiger partial charge in [0.1, 0.15) is 0 Å². The minimum absolute atomic E-state index is 0.00356. The van der Waals surface area contributed by atoms with E-state index in [1.807, 2.05) is 30.3 Å². The summed E-state index contributed by atoms with van der Waals surface area (Å²) in [5.41, 5.74) is 7.03. The van der Waals surface area contributed by atoms with Gasteiger partial charge in [0.25, 0.3) is 0 Å². The molecule has 0 aliphatic heterocycles. The Balaban J connectivity index is 1.80. The zero-order valence-electron chi connectivity index (χ0n) is 14.3. The van der Waals surface area contributed by atoms with Crippen molar-refractivity contribution in [3.63, 3.8) is 0 Å². The molecule has 25 heavy (non-hydrogen) atoms. The Morgan fingerprint density at radius 3 is 2.20 bits per heavy atom. The molecule has 0 radical (unpaired) electrons. The average molecular weight is 360 g/mol. The molecule has 6 heteroatoms. The monoisotopic (exact) mass is 360 g/mol. The number of carbonyl (C=O) groups is 1. The number of carbonyl (C=O) groups excluding carboxylic acids is 1. The molecule has 0 heterocycles. The summed E-state index contributed by atoms with van der Waals surface area (Å²) < 4.78 is 24.3. The third-order valence-electron chi connectivity index (χ3n) is 4.13. The van der Waals surface area contributed by atoms with Crippen molar-refractivity contribution in [2.24, 2.45) is 11.7 Å². The standard InChI is InChI=1S/C19H24N2O3S/c1-15(18(20)16-9-4-2-5-10-16)19(22)21-13-8-14-25(23,24)17-11-6-3-7-12-17/h2-7,9-12,15,18H,8,13-14,20H2,1H3,(H,21,22). The Labute approximate surface area is 149 Å². The van der Waals surface area contributed by atoms with Crippen LogP contribution in [0.4, 0.5) is 0 Å². The van der Waals surface area contributed by atoms with Crippen molar-refractivity contribution in [2.75, 3.05) is 12.3 Å². The van der Waals surface area contributed by atoms with Crippen LogP contribution in [0.1, 0.15) is 24.9 Å². The maximum atomic E-state index is 12.2. The highest BCUT2D eigenvalue weighted by atomic mass is 32.2. The molecule has 2 aromatic carbocycles. The van der Waals surface area contributed by atoms with Gasteiger partial charge >= 0.3 is 0 Å². The number of benzene rings is 2. The maximum Gasteiger partial charge on any atom is 0.224 e. The molecule has 2 unspecified atom stereocenters. The van der Waals surface area contributed by atoms with E-state index in [-0.39, 0.29) is 11.7 Å². The van der Waals surface area contributed by atoms with E-state index in [0.717, 1.165) is 5.56 Å². The first kappa shape index (κ1) is 19.1. The van der Waals surface area contributed by atoms with E-state index >= 15 is 0 Å². The van der Waals surface area contributed by atoms with Gasteiger partial charge in [-0.25, -0.2) is 8.42 Å². The molecule has 0 fully saturated rings. The van der Waals surface area contributed by atoms with Gasteiger partial charge in [0.15, 0.2) is 9.84 Å². The van der Waals surface area contributed by atoms with Gasteiger partial charge < -0.3 is 11.1 Å². The Morgan fingerprint density at radius 1 is 1.04 bits per heavy atom. The highest BCUT2D eigenvalue weighted by molar-refractivity contribution is 7.91. The molecule has 2 atom stereocenters. The fourth-order valence-electron chi connectivity index (χ4n) is 2.51. The van der Waals surface area contributed by atoms with Crippen LogP contribution in [0.2, 0.25) is 0 Å². The van der Waals surface area contributed by atoms with E-state index in [0.29, 0.717) is 17.9 Å². The van der Waals surface area contributed by atoms with Gasteiger partial charge in [0.2, 0.25) is 5.91 Å². The van der Waals surface area contributed by atoms with E-state index in [1.165, 1.54) is 0 Å². The van der Waals surface area contributed by atoms with Gasteiger partial charge in [-0.2, -0.15) is 0 Å².